The fourth-order valence-electron chi connectivity index (χ4n) is 1.03. The number of hydrogen-bond acceptors (Lipinski definition) is 4. The highest BCUT2D eigenvalue weighted by atomic mass is 32.1. The normalized spacial score (nSPS) is 13.7. The fourth-order valence-corrected chi connectivity index (χ4v) is 1.75. The molecule has 1 aromatic rings. The molecule has 1 atom stereocenters. The van der Waals surface area contributed by atoms with Gasteiger partial charge in [0.15, 0.2) is 10.8 Å². The largest absolute Gasteiger partial charge is 0.443 e. The minimum absolute atomic E-state index is 0.0353. The van der Waals surface area contributed by atoms with Gasteiger partial charge < -0.3 is 5.32 Å². The monoisotopic (exact) mass is 266 g/mol. The lowest BCUT2D eigenvalue weighted by molar-refractivity contribution is -0.137. The Morgan fingerprint density at radius 3 is 2.71 bits per heavy atom. The molecule has 1 aromatic heterocycles. The molecule has 0 aliphatic rings. The van der Waals surface area contributed by atoms with Crippen molar-refractivity contribution in [1.29, 1.82) is 0 Å². The predicted molar refractivity (Wildman–Crippen MR) is 59.2 cm³/mol. The molecule has 0 aliphatic carbocycles. The van der Waals surface area contributed by atoms with Crippen LogP contribution >= 0.6 is 11.3 Å². The summed E-state index contributed by atoms with van der Waals surface area (Å²) < 4.78 is 36.8. The molecule has 17 heavy (non-hydrogen) atoms. The third kappa shape index (κ3) is 4.08. The molecule has 0 bridgehead atoms. The first-order valence-electron chi connectivity index (χ1n) is 5.14. The zero-order chi connectivity index (χ0) is 13.1. The van der Waals surface area contributed by atoms with Crippen LogP contribution in [-0.2, 0) is 6.18 Å². The maximum Gasteiger partial charge on any atom is 0.443 e. The van der Waals surface area contributed by atoms with E-state index in [-0.39, 0.29) is 23.2 Å². The summed E-state index contributed by atoms with van der Waals surface area (Å²) >= 11 is 0.382. The average molecular weight is 266 g/mol. The number of aromatic nitrogens is 1. The van der Waals surface area contributed by atoms with Gasteiger partial charge >= 0.3 is 6.18 Å². The summed E-state index contributed by atoms with van der Waals surface area (Å²) in [7, 11) is 0. The summed E-state index contributed by atoms with van der Waals surface area (Å²) in [5.41, 5.74) is 0. The molecule has 0 aliphatic heterocycles. The molecule has 0 radical (unpaired) electrons. The molecule has 1 rings (SSSR count). The lowest BCUT2D eigenvalue weighted by Gasteiger charge is -2.09. The molecule has 3 nitrogen and oxygen atoms in total. The molecule has 0 spiro atoms. The van der Waals surface area contributed by atoms with Crippen LogP contribution in [0.3, 0.4) is 0 Å². The van der Waals surface area contributed by atoms with Crippen molar-refractivity contribution >= 4 is 17.1 Å². The van der Waals surface area contributed by atoms with Crippen molar-refractivity contribution in [2.24, 2.45) is 0 Å². The molecule has 0 fully saturated rings. The third-order valence-electron chi connectivity index (χ3n) is 2.25. The van der Waals surface area contributed by atoms with E-state index in [2.05, 4.69) is 10.3 Å². The molecule has 1 heterocycles. The number of carbonyl (C=O) groups is 1. The number of ketones is 1. The standard InChI is InChI=1S/C10H13F3N2OS/c1-3-6(2)14-4-7(16)8-5-15-9(17-8)10(11,12)13/h5-6,14H,3-4H2,1-2H3. The Bertz CT molecular complexity index is 389. The molecule has 7 heteroatoms. The van der Waals surface area contributed by atoms with Gasteiger partial charge in [-0.3, -0.25) is 4.79 Å². The molecular weight excluding hydrogens is 253 g/mol. The molecule has 0 aromatic carbocycles. The van der Waals surface area contributed by atoms with Gasteiger partial charge in [0.25, 0.3) is 0 Å². The minimum Gasteiger partial charge on any atom is -0.307 e. The Morgan fingerprint density at radius 2 is 2.24 bits per heavy atom. The first-order valence-corrected chi connectivity index (χ1v) is 5.95. The summed E-state index contributed by atoms with van der Waals surface area (Å²) in [5.74, 6) is -0.363. The highest BCUT2D eigenvalue weighted by Gasteiger charge is 2.35. The summed E-state index contributed by atoms with van der Waals surface area (Å²) in [4.78, 5) is 14.8. The van der Waals surface area contributed by atoms with Gasteiger partial charge in [-0.25, -0.2) is 4.98 Å². The predicted octanol–water partition coefficient (Wildman–Crippen LogP) is 2.73. The van der Waals surface area contributed by atoms with Crippen molar-refractivity contribution in [1.82, 2.24) is 10.3 Å². The van der Waals surface area contributed by atoms with Crippen molar-refractivity contribution in [2.75, 3.05) is 6.54 Å². The number of hydrogen-bond donors (Lipinski definition) is 1. The van der Waals surface area contributed by atoms with Crippen LogP contribution in [0.4, 0.5) is 13.2 Å². The fraction of sp³-hybridized carbons (Fsp3) is 0.600. The topological polar surface area (TPSA) is 42.0 Å². The zero-order valence-electron chi connectivity index (χ0n) is 9.47. The molecule has 0 saturated heterocycles. The van der Waals surface area contributed by atoms with Gasteiger partial charge in [-0.2, -0.15) is 13.2 Å². The molecule has 0 amide bonds. The number of nitrogens with one attached hydrogen (secondary N) is 1. The van der Waals surface area contributed by atoms with E-state index in [9.17, 15) is 18.0 Å². The van der Waals surface area contributed by atoms with Crippen molar-refractivity contribution in [3.8, 4) is 0 Å². The maximum atomic E-state index is 12.3. The number of nitrogens with zero attached hydrogens (tertiary/aromatic N) is 1. The molecule has 1 N–H and O–H groups in total. The van der Waals surface area contributed by atoms with Crippen LogP contribution in [0.15, 0.2) is 6.20 Å². The van der Waals surface area contributed by atoms with E-state index in [4.69, 9.17) is 0 Å². The summed E-state index contributed by atoms with van der Waals surface area (Å²) in [6.45, 7) is 3.90. The van der Waals surface area contributed by atoms with Crippen molar-refractivity contribution < 1.29 is 18.0 Å². The summed E-state index contributed by atoms with van der Waals surface area (Å²) in [6.07, 6.45) is -2.65. The molecule has 96 valence electrons. The number of thiazole rings is 1. The van der Waals surface area contributed by atoms with E-state index >= 15 is 0 Å². The number of carbonyl (C=O) groups excluding carboxylic acids is 1. The number of rotatable bonds is 5. The zero-order valence-corrected chi connectivity index (χ0v) is 10.3. The first-order chi connectivity index (χ1) is 7.84. The highest BCUT2D eigenvalue weighted by molar-refractivity contribution is 7.13. The third-order valence-corrected chi connectivity index (χ3v) is 3.33. The van der Waals surface area contributed by atoms with Gasteiger partial charge in [-0.15, -0.1) is 11.3 Å². The van der Waals surface area contributed by atoms with E-state index in [1.165, 1.54) is 0 Å². The van der Waals surface area contributed by atoms with Gasteiger partial charge in [0.1, 0.15) is 0 Å². The van der Waals surface area contributed by atoms with Crippen LogP contribution in [0.1, 0.15) is 34.9 Å². The smallest absolute Gasteiger partial charge is 0.307 e. The van der Waals surface area contributed by atoms with Gasteiger partial charge in [-0.05, 0) is 13.3 Å². The number of alkyl halides is 3. The maximum absolute atomic E-state index is 12.3. The Hall–Kier alpha value is -0.950. The van der Waals surface area contributed by atoms with Crippen molar-refractivity contribution in [3.05, 3.63) is 16.1 Å². The van der Waals surface area contributed by atoms with E-state index in [0.29, 0.717) is 11.3 Å². The van der Waals surface area contributed by atoms with Crippen molar-refractivity contribution in [3.63, 3.8) is 0 Å². The van der Waals surface area contributed by atoms with Gasteiger partial charge in [0, 0.05) is 12.2 Å². The van der Waals surface area contributed by atoms with Crippen molar-refractivity contribution in [2.45, 2.75) is 32.5 Å². The van der Waals surface area contributed by atoms with E-state index in [0.717, 1.165) is 12.6 Å². The Kier molecular flexibility index (Phi) is 4.64. The molecule has 1 unspecified atom stereocenters. The lowest BCUT2D eigenvalue weighted by Crippen LogP contribution is -2.30. The van der Waals surface area contributed by atoms with Crippen LogP contribution in [-0.4, -0.2) is 23.4 Å². The molecular formula is C10H13F3N2OS. The first kappa shape index (κ1) is 14.1. The SMILES string of the molecule is CCC(C)NCC(=O)c1cnc(C(F)(F)F)s1. The average Bonchev–Trinajstić information content (AvgIpc) is 2.74. The van der Waals surface area contributed by atoms with Gasteiger partial charge in [0.05, 0.1) is 11.4 Å². The van der Waals surface area contributed by atoms with Crippen LogP contribution in [0.5, 0.6) is 0 Å². The second kappa shape index (κ2) is 5.59. The van der Waals surface area contributed by atoms with Gasteiger partial charge in [-0.1, -0.05) is 6.92 Å². The van der Waals surface area contributed by atoms with Crippen LogP contribution < -0.4 is 5.32 Å². The van der Waals surface area contributed by atoms with Crippen LogP contribution in [0, 0.1) is 0 Å². The van der Waals surface area contributed by atoms with E-state index < -0.39 is 11.2 Å². The van der Waals surface area contributed by atoms with E-state index in [1.54, 1.807) is 0 Å². The Morgan fingerprint density at radius 1 is 1.59 bits per heavy atom. The second-order valence-corrected chi connectivity index (χ2v) is 4.67. The summed E-state index contributed by atoms with van der Waals surface area (Å²) in [5, 5.41) is 1.94. The number of halogens is 3. The molecule has 0 saturated carbocycles. The van der Waals surface area contributed by atoms with Crippen LogP contribution in [0.25, 0.3) is 0 Å². The lowest BCUT2D eigenvalue weighted by atomic mass is 10.2. The highest BCUT2D eigenvalue weighted by Crippen LogP contribution is 2.32. The number of Topliss-reactive ketones (excluding diaryl/α,β-unsaturated/α-hetero) is 1. The Balaban J connectivity index is 2.61. The quantitative estimate of drug-likeness (QED) is 0.833. The van der Waals surface area contributed by atoms with E-state index in [1.807, 2.05) is 13.8 Å². The van der Waals surface area contributed by atoms with Crippen LogP contribution in [0.2, 0.25) is 0 Å². The Labute approximate surface area is 101 Å². The second-order valence-electron chi connectivity index (χ2n) is 3.64. The minimum atomic E-state index is -4.48. The van der Waals surface area contributed by atoms with Gasteiger partial charge in [0.2, 0.25) is 0 Å². The summed E-state index contributed by atoms with van der Waals surface area (Å²) in [6, 6.07) is 0.161.